The number of hydrogen-bond acceptors (Lipinski definition) is 0. The van der Waals surface area contributed by atoms with E-state index in [0.717, 1.165) is 0 Å². The van der Waals surface area contributed by atoms with Crippen molar-refractivity contribution in [1.29, 1.82) is 0 Å². The summed E-state index contributed by atoms with van der Waals surface area (Å²) in [6.07, 6.45) is 0. The summed E-state index contributed by atoms with van der Waals surface area (Å²) in [6.45, 7) is 14.1. The number of rotatable bonds is 0. The monoisotopic (exact) mass is 244 g/mol. The molecule has 0 rings (SSSR count). The summed E-state index contributed by atoms with van der Waals surface area (Å²) in [6, 6.07) is 0. The Morgan fingerprint density at radius 3 is 0.889 bits per heavy atom. The SMILES string of the molecule is CC(C)(C)[Te]C(C)(C)C. The van der Waals surface area contributed by atoms with Gasteiger partial charge in [0.25, 0.3) is 0 Å². The molecule has 0 amide bonds. The zero-order chi connectivity index (χ0) is 7.71. The van der Waals surface area contributed by atoms with Gasteiger partial charge in [0.1, 0.15) is 0 Å². The quantitative estimate of drug-likeness (QED) is 0.572. The molecule has 0 spiro atoms. The zero-order valence-electron chi connectivity index (χ0n) is 7.41. The van der Waals surface area contributed by atoms with Crippen LogP contribution in [0.3, 0.4) is 0 Å². The van der Waals surface area contributed by atoms with Gasteiger partial charge in [0.15, 0.2) is 0 Å². The van der Waals surface area contributed by atoms with Gasteiger partial charge in [-0.2, -0.15) is 0 Å². The van der Waals surface area contributed by atoms with Crippen molar-refractivity contribution in [1.82, 2.24) is 0 Å². The molecule has 0 unspecified atom stereocenters. The summed E-state index contributed by atoms with van der Waals surface area (Å²) < 4.78 is 1.23. The Balaban J connectivity index is 3.75. The van der Waals surface area contributed by atoms with Crippen molar-refractivity contribution in [3.8, 4) is 0 Å². The zero-order valence-corrected chi connectivity index (χ0v) is 9.74. The molecule has 0 heterocycles. The first-order valence-electron chi connectivity index (χ1n) is 3.41. The Labute approximate surface area is 69.5 Å². The van der Waals surface area contributed by atoms with Crippen molar-refractivity contribution in [2.45, 2.75) is 48.5 Å². The van der Waals surface area contributed by atoms with Gasteiger partial charge in [-0.15, -0.1) is 0 Å². The van der Waals surface area contributed by atoms with Crippen LogP contribution in [0.25, 0.3) is 0 Å². The van der Waals surface area contributed by atoms with Crippen molar-refractivity contribution in [2.24, 2.45) is 0 Å². The standard InChI is InChI=1S/C8H18Te/c1-7(2,3)9-8(4,5)6/h1-6H3. The Bertz CT molecular complexity index is 69.7. The van der Waals surface area contributed by atoms with Gasteiger partial charge in [0.05, 0.1) is 0 Å². The maximum atomic E-state index is 2.35. The molecule has 0 atom stereocenters. The average molecular weight is 242 g/mol. The molecule has 0 fully saturated rings. The fourth-order valence-corrected chi connectivity index (χ4v) is 6.16. The molecule has 0 N–H and O–H groups in total. The molecule has 0 aliphatic rings. The average Bonchev–Trinajstić information content (AvgIpc) is 1.14. The van der Waals surface area contributed by atoms with E-state index in [4.69, 9.17) is 0 Å². The summed E-state index contributed by atoms with van der Waals surface area (Å²) in [5, 5.41) is 0. The molecule has 0 radical (unpaired) electrons. The van der Waals surface area contributed by atoms with E-state index in [1.165, 1.54) is 0 Å². The van der Waals surface area contributed by atoms with Crippen LogP contribution in [-0.2, 0) is 0 Å². The first kappa shape index (κ1) is 9.79. The molecular formula is C8H18Te. The van der Waals surface area contributed by atoms with Crippen LogP contribution >= 0.6 is 0 Å². The molecule has 0 aromatic rings. The summed E-state index contributed by atoms with van der Waals surface area (Å²) in [5.41, 5.74) is 0. The molecular weight excluding hydrogens is 224 g/mol. The van der Waals surface area contributed by atoms with Gasteiger partial charge in [-0.3, -0.25) is 0 Å². The van der Waals surface area contributed by atoms with Crippen LogP contribution in [-0.4, -0.2) is 20.9 Å². The first-order chi connectivity index (χ1) is 3.71. The van der Waals surface area contributed by atoms with Gasteiger partial charge in [-0.1, -0.05) is 0 Å². The van der Waals surface area contributed by atoms with E-state index >= 15 is 0 Å². The van der Waals surface area contributed by atoms with Gasteiger partial charge in [0.2, 0.25) is 0 Å². The van der Waals surface area contributed by atoms with E-state index in [0.29, 0.717) is 6.93 Å². The van der Waals surface area contributed by atoms with Gasteiger partial charge >= 0.3 is 69.4 Å². The van der Waals surface area contributed by atoms with Crippen LogP contribution in [0.1, 0.15) is 41.5 Å². The van der Waals surface area contributed by atoms with Gasteiger partial charge in [-0.05, 0) is 0 Å². The summed E-state index contributed by atoms with van der Waals surface area (Å²) in [4.78, 5) is 0. The molecule has 0 saturated heterocycles. The molecule has 0 aliphatic carbocycles. The second kappa shape index (κ2) is 2.80. The van der Waals surface area contributed by atoms with E-state index < -0.39 is 0 Å². The molecule has 0 aromatic carbocycles. The van der Waals surface area contributed by atoms with Crippen molar-refractivity contribution in [3.05, 3.63) is 0 Å². The molecule has 0 nitrogen and oxygen atoms in total. The Kier molecular flexibility index (Phi) is 3.05. The third kappa shape index (κ3) is 8.79. The third-order valence-electron chi connectivity index (χ3n) is 0.612. The van der Waals surface area contributed by atoms with E-state index in [2.05, 4.69) is 41.5 Å². The van der Waals surface area contributed by atoms with E-state index in [-0.39, 0.29) is 20.9 Å². The van der Waals surface area contributed by atoms with Crippen LogP contribution in [0.4, 0.5) is 0 Å². The predicted octanol–water partition coefficient (Wildman–Crippen LogP) is 3.13. The molecule has 1 heteroatoms. The summed E-state index contributed by atoms with van der Waals surface area (Å²) >= 11 is 0.165. The van der Waals surface area contributed by atoms with Gasteiger partial charge < -0.3 is 0 Å². The van der Waals surface area contributed by atoms with Gasteiger partial charge in [-0.25, -0.2) is 0 Å². The maximum absolute atomic E-state index is 2.35. The van der Waals surface area contributed by atoms with Crippen molar-refractivity contribution in [3.63, 3.8) is 0 Å². The van der Waals surface area contributed by atoms with Crippen LogP contribution < -0.4 is 0 Å². The van der Waals surface area contributed by atoms with E-state index in [1.54, 1.807) is 0 Å². The van der Waals surface area contributed by atoms with Crippen LogP contribution in [0.15, 0.2) is 0 Å². The second-order valence-corrected chi connectivity index (χ2v) is 11.9. The topological polar surface area (TPSA) is 0 Å². The van der Waals surface area contributed by atoms with Crippen LogP contribution in [0.2, 0.25) is 6.93 Å². The van der Waals surface area contributed by atoms with Crippen molar-refractivity contribution in [2.75, 3.05) is 0 Å². The van der Waals surface area contributed by atoms with E-state index in [1.807, 2.05) is 0 Å². The minimum absolute atomic E-state index is 0.165. The summed E-state index contributed by atoms with van der Waals surface area (Å²) in [5.74, 6) is 0. The number of hydrogen-bond donors (Lipinski definition) is 0. The Hall–Kier alpha value is 0.790. The predicted molar refractivity (Wildman–Crippen MR) is 45.2 cm³/mol. The minimum atomic E-state index is 0.165. The Morgan fingerprint density at radius 2 is 0.889 bits per heavy atom. The normalized spacial score (nSPS) is 14.0. The molecule has 9 heavy (non-hydrogen) atoms. The van der Waals surface area contributed by atoms with Crippen molar-refractivity contribution >= 4 is 20.9 Å². The van der Waals surface area contributed by atoms with Gasteiger partial charge in [0, 0.05) is 0 Å². The third-order valence-corrected chi connectivity index (χ3v) is 4.11. The van der Waals surface area contributed by atoms with E-state index in [9.17, 15) is 0 Å². The van der Waals surface area contributed by atoms with Crippen LogP contribution in [0.5, 0.6) is 0 Å². The molecule has 0 saturated carbocycles. The first-order valence-corrected chi connectivity index (χ1v) is 5.74. The molecule has 56 valence electrons. The fourth-order valence-electron chi connectivity index (χ4n) is 0.919. The second-order valence-electron chi connectivity index (χ2n) is 4.33. The van der Waals surface area contributed by atoms with Crippen LogP contribution in [0, 0.1) is 0 Å². The van der Waals surface area contributed by atoms with Crippen molar-refractivity contribution < 1.29 is 0 Å². The Morgan fingerprint density at radius 1 is 0.667 bits per heavy atom. The molecule has 0 bridgehead atoms. The fraction of sp³-hybridized carbons (Fsp3) is 1.00. The molecule has 0 aliphatic heterocycles. The molecule has 0 aromatic heterocycles. The summed E-state index contributed by atoms with van der Waals surface area (Å²) in [7, 11) is 0.